The summed E-state index contributed by atoms with van der Waals surface area (Å²) in [5, 5.41) is 2.65. The van der Waals surface area contributed by atoms with Gasteiger partial charge in [0.05, 0.1) is 5.69 Å². The molecule has 0 aliphatic heterocycles. The van der Waals surface area contributed by atoms with E-state index in [4.69, 9.17) is 0 Å². The molecule has 0 aliphatic carbocycles. The number of pyridine rings is 1. The van der Waals surface area contributed by atoms with Gasteiger partial charge < -0.3 is 5.32 Å². The van der Waals surface area contributed by atoms with Gasteiger partial charge in [-0.05, 0) is 36.4 Å². The van der Waals surface area contributed by atoms with Crippen molar-refractivity contribution in [2.45, 2.75) is 5.03 Å². The molecular weight excluding hydrogens is 269 g/mol. The topological polar surface area (TPSA) is 71.1 Å². The van der Waals surface area contributed by atoms with Crippen LogP contribution in [-0.4, -0.2) is 20.4 Å². The molecule has 7 heteroatoms. The predicted molar refractivity (Wildman–Crippen MR) is 71.0 cm³/mol. The Hall–Kier alpha value is -2.15. The number of aromatic nitrogens is 1. The van der Waals surface area contributed by atoms with Crippen LogP contribution in [0.15, 0.2) is 47.6 Å². The van der Waals surface area contributed by atoms with Crippen molar-refractivity contribution < 1.29 is 12.8 Å². The number of sulfonamides is 1. The van der Waals surface area contributed by atoms with E-state index >= 15 is 0 Å². The van der Waals surface area contributed by atoms with Gasteiger partial charge >= 0.3 is 0 Å². The number of benzene rings is 1. The van der Waals surface area contributed by atoms with Gasteiger partial charge in [-0.15, -0.1) is 0 Å². The number of rotatable bonds is 4. The van der Waals surface area contributed by atoms with Crippen LogP contribution in [0.1, 0.15) is 0 Å². The van der Waals surface area contributed by atoms with Crippen molar-refractivity contribution in [3.63, 3.8) is 0 Å². The van der Waals surface area contributed by atoms with Crippen LogP contribution in [-0.2, 0) is 10.0 Å². The van der Waals surface area contributed by atoms with Crippen molar-refractivity contribution in [1.82, 2.24) is 4.98 Å². The average molecular weight is 281 g/mol. The minimum absolute atomic E-state index is 0.109. The van der Waals surface area contributed by atoms with Gasteiger partial charge in [-0.1, -0.05) is 0 Å². The summed E-state index contributed by atoms with van der Waals surface area (Å²) >= 11 is 0. The van der Waals surface area contributed by atoms with Gasteiger partial charge in [-0.25, -0.2) is 9.37 Å². The summed E-state index contributed by atoms with van der Waals surface area (Å²) in [4.78, 5) is 3.85. The van der Waals surface area contributed by atoms with Gasteiger partial charge in [-0.2, -0.15) is 8.42 Å². The van der Waals surface area contributed by atoms with Gasteiger partial charge in [0.15, 0.2) is 5.03 Å². The maximum atomic E-state index is 12.8. The van der Waals surface area contributed by atoms with Crippen LogP contribution in [0.5, 0.6) is 0 Å². The molecule has 0 aliphatic rings. The van der Waals surface area contributed by atoms with E-state index in [0.29, 0.717) is 5.69 Å². The van der Waals surface area contributed by atoms with Crippen molar-refractivity contribution in [2.24, 2.45) is 0 Å². The van der Waals surface area contributed by atoms with Crippen LogP contribution in [0.2, 0.25) is 0 Å². The van der Waals surface area contributed by atoms with Crippen molar-refractivity contribution in [3.8, 4) is 0 Å². The minimum atomic E-state index is -3.81. The van der Waals surface area contributed by atoms with E-state index in [-0.39, 0.29) is 10.7 Å². The van der Waals surface area contributed by atoms with E-state index in [1.165, 1.54) is 30.5 Å². The van der Waals surface area contributed by atoms with Gasteiger partial charge in [0, 0.05) is 18.9 Å². The van der Waals surface area contributed by atoms with Crippen LogP contribution >= 0.6 is 0 Å². The first-order valence-electron chi connectivity index (χ1n) is 5.44. The second-order valence-electron chi connectivity index (χ2n) is 3.72. The second kappa shape index (κ2) is 5.23. The lowest BCUT2D eigenvalue weighted by atomic mass is 10.3. The summed E-state index contributed by atoms with van der Waals surface area (Å²) in [6, 6.07) is 8.27. The van der Waals surface area contributed by atoms with E-state index in [9.17, 15) is 12.8 Å². The quantitative estimate of drug-likeness (QED) is 0.900. The predicted octanol–water partition coefficient (Wildman–Crippen LogP) is 2.06. The van der Waals surface area contributed by atoms with E-state index in [1.54, 1.807) is 19.2 Å². The standard InChI is InChI=1S/C12H12FN3O2S/c1-14-11-3-2-8-15-12(11)19(17,18)16-10-6-4-9(13)5-7-10/h2-8,14,16H,1H3. The summed E-state index contributed by atoms with van der Waals surface area (Å²) in [6.07, 6.45) is 1.39. The normalized spacial score (nSPS) is 11.1. The monoisotopic (exact) mass is 281 g/mol. The lowest BCUT2D eigenvalue weighted by molar-refractivity contribution is 0.598. The average Bonchev–Trinajstić information content (AvgIpc) is 2.41. The Morgan fingerprint density at radius 1 is 1.16 bits per heavy atom. The van der Waals surface area contributed by atoms with Gasteiger partial charge in [-0.3, -0.25) is 4.72 Å². The first-order chi connectivity index (χ1) is 9.03. The Morgan fingerprint density at radius 2 is 1.84 bits per heavy atom. The van der Waals surface area contributed by atoms with Gasteiger partial charge in [0.1, 0.15) is 5.82 Å². The maximum absolute atomic E-state index is 12.8. The largest absolute Gasteiger partial charge is 0.386 e. The third-order valence-corrected chi connectivity index (χ3v) is 3.73. The Balaban J connectivity index is 2.35. The Morgan fingerprint density at radius 3 is 2.47 bits per heavy atom. The molecule has 0 saturated heterocycles. The molecule has 1 heterocycles. The first-order valence-corrected chi connectivity index (χ1v) is 6.92. The highest BCUT2D eigenvalue weighted by Gasteiger charge is 2.19. The minimum Gasteiger partial charge on any atom is -0.386 e. The molecule has 0 amide bonds. The summed E-state index contributed by atoms with van der Waals surface area (Å²) in [5.74, 6) is -0.434. The molecule has 2 aromatic rings. The van der Waals surface area contributed by atoms with E-state index in [2.05, 4.69) is 15.0 Å². The highest BCUT2D eigenvalue weighted by Crippen LogP contribution is 2.20. The number of halogens is 1. The second-order valence-corrected chi connectivity index (χ2v) is 5.32. The molecule has 0 fully saturated rings. The van der Waals surface area contributed by atoms with Crippen molar-refractivity contribution in [1.29, 1.82) is 0 Å². The van der Waals surface area contributed by atoms with Crippen LogP contribution in [0.4, 0.5) is 15.8 Å². The van der Waals surface area contributed by atoms with Crippen molar-refractivity contribution >= 4 is 21.4 Å². The molecule has 0 radical (unpaired) electrons. The third-order valence-electron chi connectivity index (χ3n) is 2.39. The van der Waals surface area contributed by atoms with Gasteiger partial charge in [0.25, 0.3) is 10.0 Å². The fourth-order valence-electron chi connectivity index (χ4n) is 1.52. The van der Waals surface area contributed by atoms with E-state index < -0.39 is 15.8 Å². The number of nitrogens with one attached hydrogen (secondary N) is 2. The molecule has 5 nitrogen and oxygen atoms in total. The highest BCUT2D eigenvalue weighted by atomic mass is 32.2. The molecule has 2 rings (SSSR count). The van der Waals surface area contributed by atoms with Crippen LogP contribution in [0, 0.1) is 5.82 Å². The smallest absolute Gasteiger partial charge is 0.281 e. The number of anilines is 2. The number of hydrogen-bond donors (Lipinski definition) is 2. The lowest BCUT2D eigenvalue weighted by Gasteiger charge is -2.10. The molecule has 2 N–H and O–H groups in total. The summed E-state index contributed by atoms with van der Waals surface area (Å²) in [5.41, 5.74) is 0.659. The molecule has 0 unspecified atom stereocenters. The molecule has 19 heavy (non-hydrogen) atoms. The molecule has 0 bridgehead atoms. The summed E-state index contributed by atoms with van der Waals surface area (Å²) < 4.78 is 39.4. The number of hydrogen-bond acceptors (Lipinski definition) is 4. The zero-order valence-corrected chi connectivity index (χ0v) is 10.9. The van der Waals surface area contributed by atoms with E-state index in [1.807, 2.05) is 0 Å². The first kappa shape index (κ1) is 13.3. The Bertz CT molecular complexity index is 672. The molecule has 0 atom stereocenters. The van der Waals surface area contributed by atoms with Crippen molar-refractivity contribution in [2.75, 3.05) is 17.1 Å². The van der Waals surface area contributed by atoms with Crippen LogP contribution in [0.3, 0.4) is 0 Å². The summed E-state index contributed by atoms with van der Waals surface area (Å²) in [6.45, 7) is 0. The molecule has 0 spiro atoms. The highest BCUT2D eigenvalue weighted by molar-refractivity contribution is 7.92. The molecular formula is C12H12FN3O2S. The Labute approximate surface area is 110 Å². The lowest BCUT2D eigenvalue weighted by Crippen LogP contribution is -2.16. The fourth-order valence-corrected chi connectivity index (χ4v) is 2.72. The number of nitrogens with zero attached hydrogens (tertiary/aromatic N) is 1. The maximum Gasteiger partial charge on any atom is 0.281 e. The molecule has 1 aromatic carbocycles. The molecule has 1 aromatic heterocycles. The van der Waals surface area contributed by atoms with E-state index in [0.717, 1.165) is 0 Å². The Kier molecular flexibility index (Phi) is 3.66. The third kappa shape index (κ3) is 3.00. The van der Waals surface area contributed by atoms with Crippen molar-refractivity contribution in [3.05, 3.63) is 48.4 Å². The molecule has 100 valence electrons. The zero-order valence-electron chi connectivity index (χ0n) is 10.1. The summed E-state index contributed by atoms with van der Waals surface area (Å²) in [7, 11) is -2.21. The zero-order chi connectivity index (χ0) is 13.9. The molecule has 0 saturated carbocycles. The SMILES string of the molecule is CNc1cccnc1S(=O)(=O)Nc1ccc(F)cc1. The van der Waals surface area contributed by atoms with Crippen LogP contribution in [0.25, 0.3) is 0 Å². The van der Waals surface area contributed by atoms with Crippen LogP contribution < -0.4 is 10.0 Å². The fraction of sp³-hybridized carbons (Fsp3) is 0.0833. The van der Waals surface area contributed by atoms with Gasteiger partial charge in [0.2, 0.25) is 0 Å².